The van der Waals surface area contributed by atoms with Crippen molar-refractivity contribution in [3.63, 3.8) is 0 Å². The lowest BCUT2D eigenvalue weighted by atomic mass is 9.75. The highest BCUT2D eigenvalue weighted by molar-refractivity contribution is 6.24. The molecule has 4 atom stereocenters. The van der Waals surface area contributed by atoms with E-state index in [0.29, 0.717) is 40.3 Å². The Kier molecular flexibility index (Phi) is 5.09. The van der Waals surface area contributed by atoms with Crippen molar-refractivity contribution in [2.45, 2.75) is 31.8 Å². The van der Waals surface area contributed by atoms with Gasteiger partial charge in [0, 0.05) is 11.6 Å². The number of anilines is 1. The van der Waals surface area contributed by atoms with E-state index in [1.807, 2.05) is 48.5 Å². The summed E-state index contributed by atoms with van der Waals surface area (Å²) in [5.41, 5.74) is 1.12. The average Bonchev–Trinajstić information content (AvgIpc) is 3.51. The minimum Gasteiger partial charge on any atom is -0.495 e. The fraction of sp³-hybridized carbons (Fsp3) is 0.290. The number of amides is 2. The number of nitrogens with one attached hydrogen (secondary N) is 1. The number of nitrogens with zero attached hydrogens (tertiary/aromatic N) is 3. The summed E-state index contributed by atoms with van der Waals surface area (Å²) < 4.78 is 7.17. The van der Waals surface area contributed by atoms with Crippen LogP contribution in [0.2, 0.25) is 0 Å². The van der Waals surface area contributed by atoms with Crippen LogP contribution in [0, 0.1) is 17.8 Å². The number of hydrogen-bond donors (Lipinski definition) is 1. The maximum absolute atomic E-state index is 14.5. The Morgan fingerprint density at radius 3 is 2.38 bits per heavy atom. The van der Waals surface area contributed by atoms with E-state index in [0.717, 1.165) is 5.56 Å². The molecule has 1 N–H and O–H groups in total. The summed E-state index contributed by atoms with van der Waals surface area (Å²) in [6.07, 6.45) is 0.682. The Bertz CT molecular complexity index is 1740. The van der Waals surface area contributed by atoms with Crippen molar-refractivity contribution >= 4 is 28.4 Å². The summed E-state index contributed by atoms with van der Waals surface area (Å²) in [5, 5.41) is 4.25. The highest BCUT2D eigenvalue weighted by Crippen LogP contribution is 2.56. The maximum atomic E-state index is 14.5. The van der Waals surface area contributed by atoms with Crippen LogP contribution in [-0.2, 0) is 15.1 Å². The maximum Gasteiger partial charge on any atom is 0.266 e. The first kappa shape index (κ1) is 23.8. The molecule has 2 fully saturated rings. The zero-order chi connectivity index (χ0) is 27.1. The van der Waals surface area contributed by atoms with Gasteiger partial charge in [-0.3, -0.25) is 24.3 Å². The van der Waals surface area contributed by atoms with Gasteiger partial charge in [0.05, 0.1) is 41.2 Å². The number of carbonyl (C=O) groups is 2. The van der Waals surface area contributed by atoms with Crippen molar-refractivity contribution in [1.82, 2.24) is 14.9 Å². The van der Waals surface area contributed by atoms with Crippen LogP contribution in [0.3, 0.4) is 0 Å². The number of benzene rings is 3. The molecular formula is C31H28N4O4. The Balaban J connectivity index is 1.52. The molecule has 3 aliphatic heterocycles. The number of methoxy groups -OCH3 is 1. The van der Waals surface area contributed by atoms with E-state index in [9.17, 15) is 14.4 Å². The molecule has 4 aromatic rings. The third kappa shape index (κ3) is 3.03. The molecule has 2 amide bonds. The molecule has 4 heterocycles. The van der Waals surface area contributed by atoms with E-state index in [1.54, 1.807) is 28.8 Å². The van der Waals surface area contributed by atoms with Crippen LogP contribution in [0.25, 0.3) is 16.6 Å². The molecule has 0 bridgehead atoms. The standard InChI is InChI=1S/C31H28N4O4/c1-17(2)16-21-25-26(29(38)34(28(25)37)23-14-8-9-15-24(23)39-3)31(33-21)19-11-5-7-13-22(19)35-27(36)18-10-4-6-12-20(18)32-30(31)35/h4-15,17,21,25-26,33H,16H2,1-3H3/t21-,25-,26+,31-/m0/s1. The summed E-state index contributed by atoms with van der Waals surface area (Å²) in [6.45, 7) is 4.21. The van der Waals surface area contributed by atoms with Crippen molar-refractivity contribution < 1.29 is 14.3 Å². The molecule has 0 aliphatic carbocycles. The normalized spacial score (nSPS) is 25.0. The van der Waals surface area contributed by atoms with Crippen LogP contribution >= 0.6 is 0 Å². The Labute approximate surface area is 225 Å². The molecule has 3 aliphatic rings. The Morgan fingerprint density at radius 2 is 1.62 bits per heavy atom. The van der Waals surface area contributed by atoms with Crippen molar-refractivity contribution in [3.05, 3.63) is 94.5 Å². The van der Waals surface area contributed by atoms with Gasteiger partial charge in [-0.15, -0.1) is 0 Å². The summed E-state index contributed by atoms with van der Waals surface area (Å²) in [6, 6.07) is 21.7. The van der Waals surface area contributed by atoms with Crippen molar-refractivity contribution in [2.75, 3.05) is 12.0 Å². The number of ether oxygens (including phenoxy) is 1. The van der Waals surface area contributed by atoms with Gasteiger partial charge in [0.2, 0.25) is 11.8 Å². The van der Waals surface area contributed by atoms with Gasteiger partial charge in [-0.25, -0.2) is 9.88 Å². The smallest absolute Gasteiger partial charge is 0.266 e. The Morgan fingerprint density at radius 1 is 0.923 bits per heavy atom. The van der Waals surface area contributed by atoms with E-state index in [-0.39, 0.29) is 29.3 Å². The van der Waals surface area contributed by atoms with Crippen molar-refractivity contribution in [1.29, 1.82) is 0 Å². The summed E-state index contributed by atoms with van der Waals surface area (Å²) in [4.78, 5) is 49.0. The summed E-state index contributed by atoms with van der Waals surface area (Å²) in [5.74, 6) is -0.826. The number of para-hydroxylation sites is 4. The SMILES string of the molecule is COc1ccccc1N1C(=O)[C@H]2[C@H](CC(C)C)N[C@@]3(c4ccccc4-n4c3nc3ccccc3c4=O)[C@H]2C1=O. The van der Waals surface area contributed by atoms with Crippen LogP contribution in [0.15, 0.2) is 77.6 Å². The van der Waals surface area contributed by atoms with Crippen LogP contribution in [0.5, 0.6) is 5.75 Å². The van der Waals surface area contributed by atoms with Gasteiger partial charge in [-0.05, 0) is 42.7 Å². The van der Waals surface area contributed by atoms with Gasteiger partial charge in [-0.1, -0.05) is 56.3 Å². The highest BCUT2D eigenvalue weighted by Gasteiger charge is 2.69. The second kappa shape index (κ2) is 8.35. The first-order valence-corrected chi connectivity index (χ1v) is 13.3. The quantitative estimate of drug-likeness (QED) is 0.412. The van der Waals surface area contributed by atoms with Gasteiger partial charge in [0.1, 0.15) is 17.1 Å². The number of imide groups is 1. The fourth-order valence-electron chi connectivity index (χ4n) is 6.98. The van der Waals surface area contributed by atoms with Crippen molar-refractivity contribution in [2.24, 2.45) is 17.8 Å². The van der Waals surface area contributed by atoms with Gasteiger partial charge >= 0.3 is 0 Å². The van der Waals surface area contributed by atoms with Crippen molar-refractivity contribution in [3.8, 4) is 11.4 Å². The molecule has 3 aromatic carbocycles. The molecule has 0 unspecified atom stereocenters. The average molecular weight is 521 g/mol. The molecule has 1 spiro atoms. The first-order chi connectivity index (χ1) is 18.9. The molecule has 1 aromatic heterocycles. The lowest BCUT2D eigenvalue weighted by Gasteiger charge is -2.32. The third-order valence-electron chi connectivity index (χ3n) is 8.41. The van der Waals surface area contributed by atoms with E-state index in [2.05, 4.69) is 19.2 Å². The topological polar surface area (TPSA) is 93.5 Å². The van der Waals surface area contributed by atoms with Crippen LogP contribution in [0.1, 0.15) is 31.7 Å². The highest BCUT2D eigenvalue weighted by atomic mass is 16.5. The minimum absolute atomic E-state index is 0.191. The monoisotopic (exact) mass is 520 g/mol. The second-order valence-electron chi connectivity index (χ2n) is 11.0. The van der Waals surface area contributed by atoms with Gasteiger partial charge in [-0.2, -0.15) is 0 Å². The predicted octanol–water partition coefficient (Wildman–Crippen LogP) is 3.78. The summed E-state index contributed by atoms with van der Waals surface area (Å²) >= 11 is 0. The zero-order valence-corrected chi connectivity index (χ0v) is 21.9. The zero-order valence-electron chi connectivity index (χ0n) is 21.9. The van der Waals surface area contributed by atoms with Crippen LogP contribution < -0.4 is 20.5 Å². The van der Waals surface area contributed by atoms with Gasteiger partial charge < -0.3 is 4.74 Å². The first-order valence-electron chi connectivity index (χ1n) is 13.3. The van der Waals surface area contributed by atoms with Gasteiger partial charge in [0.15, 0.2) is 0 Å². The molecule has 8 nitrogen and oxygen atoms in total. The van der Waals surface area contributed by atoms with Crippen LogP contribution in [-0.4, -0.2) is 34.5 Å². The number of carbonyl (C=O) groups excluding carboxylic acids is 2. The minimum atomic E-state index is -1.15. The van der Waals surface area contributed by atoms with E-state index in [1.165, 1.54) is 12.0 Å². The molecule has 196 valence electrons. The molecule has 7 rings (SSSR count). The largest absolute Gasteiger partial charge is 0.495 e. The van der Waals surface area contributed by atoms with Crippen LogP contribution in [0.4, 0.5) is 5.69 Å². The molecule has 0 saturated carbocycles. The number of rotatable bonds is 4. The fourth-order valence-corrected chi connectivity index (χ4v) is 6.98. The van der Waals surface area contributed by atoms with E-state index in [4.69, 9.17) is 9.72 Å². The van der Waals surface area contributed by atoms with E-state index < -0.39 is 17.4 Å². The molecule has 2 saturated heterocycles. The number of fused-ring (bicyclic) bond motifs is 8. The molecular weight excluding hydrogens is 492 g/mol. The lowest BCUT2D eigenvalue weighted by Crippen LogP contribution is -2.50. The third-order valence-corrected chi connectivity index (χ3v) is 8.41. The molecule has 0 radical (unpaired) electrons. The number of aromatic nitrogens is 2. The second-order valence-corrected chi connectivity index (χ2v) is 11.0. The molecule has 39 heavy (non-hydrogen) atoms. The molecule has 8 heteroatoms. The van der Waals surface area contributed by atoms with Gasteiger partial charge in [0.25, 0.3) is 5.56 Å². The predicted molar refractivity (Wildman–Crippen MR) is 147 cm³/mol. The summed E-state index contributed by atoms with van der Waals surface area (Å²) in [7, 11) is 1.53. The number of hydrogen-bond acceptors (Lipinski definition) is 6. The lowest BCUT2D eigenvalue weighted by molar-refractivity contribution is -0.123. The van der Waals surface area contributed by atoms with E-state index >= 15 is 0 Å². The Hall–Kier alpha value is -4.30.